The number of nitrogens with one attached hydrogen (secondary N) is 3. The van der Waals surface area contributed by atoms with Crippen LogP contribution in [0.15, 0.2) is 53.1 Å². The van der Waals surface area contributed by atoms with Crippen molar-refractivity contribution in [2.75, 3.05) is 33.4 Å². The Labute approximate surface area is 261 Å². The van der Waals surface area contributed by atoms with Crippen molar-refractivity contribution >= 4 is 45.7 Å². The number of nitrogen functional groups attached to an aromatic ring is 1. The van der Waals surface area contributed by atoms with E-state index in [1.54, 1.807) is 6.92 Å². The van der Waals surface area contributed by atoms with Crippen molar-refractivity contribution in [2.24, 2.45) is 5.73 Å². The Kier molecular flexibility index (Phi) is 12.2. The standard InChI is InChI=1S/C30H37N5O9S/c1-4-43-27(37)17-23(34-29(38)20-9-11-24(12-10-20)45(40,41)35-13-5-6-14-35)18-44-26-16-22(28(31)32)8-7-21(26)15-25(30(39)42-3)33-19(2)36/h7-12,15-16,23H,4-6,13-14,17-18H2,1-3H3,(H3,31,32)(H,33,36)(H,34,38)/t23-/m0/s1. The molecule has 1 aliphatic heterocycles. The number of sulfonamides is 1. The minimum absolute atomic E-state index is 0.0730. The van der Waals surface area contributed by atoms with Crippen LogP contribution in [0.2, 0.25) is 0 Å². The molecule has 242 valence electrons. The van der Waals surface area contributed by atoms with Crippen LogP contribution in [0.5, 0.6) is 5.75 Å². The fourth-order valence-electron chi connectivity index (χ4n) is 4.43. The van der Waals surface area contributed by atoms with E-state index in [-0.39, 0.29) is 52.9 Å². The third kappa shape index (κ3) is 9.61. The molecular formula is C30H37N5O9S. The normalized spacial score (nSPS) is 14.2. The molecule has 2 aromatic rings. The number of amidine groups is 1. The van der Waals surface area contributed by atoms with Gasteiger partial charge in [0.1, 0.15) is 23.9 Å². The van der Waals surface area contributed by atoms with E-state index in [0.717, 1.165) is 20.0 Å². The van der Waals surface area contributed by atoms with Gasteiger partial charge >= 0.3 is 11.9 Å². The highest BCUT2D eigenvalue weighted by Gasteiger charge is 2.27. The molecule has 45 heavy (non-hydrogen) atoms. The highest BCUT2D eigenvalue weighted by molar-refractivity contribution is 7.89. The molecule has 1 atom stereocenters. The van der Waals surface area contributed by atoms with Gasteiger partial charge in [-0.05, 0) is 56.2 Å². The second-order valence-corrected chi connectivity index (χ2v) is 12.0. The lowest BCUT2D eigenvalue weighted by atomic mass is 10.1. The zero-order chi connectivity index (χ0) is 33.1. The maximum atomic E-state index is 13.2. The monoisotopic (exact) mass is 643 g/mol. The number of carbonyl (C=O) groups is 4. The number of carbonyl (C=O) groups excluding carboxylic acids is 4. The SMILES string of the molecule is CCOC(=O)C[C@@H](COc1cc(C(=N)N)ccc1C=C(NC(C)=O)C(=O)OC)NC(=O)c1ccc(S(=O)(=O)N2CCCC2)cc1. The molecule has 14 nitrogen and oxygen atoms in total. The summed E-state index contributed by atoms with van der Waals surface area (Å²) in [5.41, 5.74) is 6.21. The van der Waals surface area contributed by atoms with Crippen LogP contribution in [-0.4, -0.2) is 81.8 Å². The topological polar surface area (TPSA) is 207 Å². The number of esters is 2. The van der Waals surface area contributed by atoms with Crippen molar-refractivity contribution in [1.82, 2.24) is 14.9 Å². The third-order valence-corrected chi connectivity index (χ3v) is 8.57. The van der Waals surface area contributed by atoms with Crippen LogP contribution in [0.4, 0.5) is 0 Å². The van der Waals surface area contributed by atoms with E-state index in [9.17, 15) is 27.6 Å². The van der Waals surface area contributed by atoms with Gasteiger partial charge in [-0.25, -0.2) is 13.2 Å². The molecule has 15 heteroatoms. The summed E-state index contributed by atoms with van der Waals surface area (Å²) in [6.45, 7) is 3.61. The van der Waals surface area contributed by atoms with E-state index in [2.05, 4.69) is 10.6 Å². The summed E-state index contributed by atoms with van der Waals surface area (Å²) in [7, 11) is -2.51. The van der Waals surface area contributed by atoms with E-state index < -0.39 is 39.8 Å². The summed E-state index contributed by atoms with van der Waals surface area (Å²) in [4.78, 5) is 49.5. The summed E-state index contributed by atoms with van der Waals surface area (Å²) in [5.74, 6) is -2.68. The molecule has 0 saturated carbocycles. The number of methoxy groups -OCH3 is 1. The highest BCUT2D eigenvalue weighted by atomic mass is 32.2. The first-order valence-corrected chi connectivity index (χ1v) is 15.5. The van der Waals surface area contributed by atoms with E-state index in [0.29, 0.717) is 18.7 Å². The third-order valence-electron chi connectivity index (χ3n) is 6.65. The fraction of sp³-hybridized carbons (Fsp3) is 0.367. The van der Waals surface area contributed by atoms with Crippen molar-refractivity contribution in [3.8, 4) is 5.75 Å². The summed E-state index contributed by atoms with van der Waals surface area (Å²) in [5, 5.41) is 12.9. The second kappa shape index (κ2) is 15.8. The second-order valence-electron chi connectivity index (χ2n) is 10.0. The predicted octanol–water partition coefficient (Wildman–Crippen LogP) is 1.54. The molecule has 1 fully saturated rings. The van der Waals surface area contributed by atoms with Gasteiger partial charge < -0.3 is 30.6 Å². The summed E-state index contributed by atoms with van der Waals surface area (Å²) < 4.78 is 42.9. The van der Waals surface area contributed by atoms with Gasteiger partial charge in [-0.2, -0.15) is 4.31 Å². The Morgan fingerprint density at radius 1 is 1.07 bits per heavy atom. The van der Waals surface area contributed by atoms with Gasteiger partial charge in [0.15, 0.2) is 0 Å². The molecule has 2 amide bonds. The number of hydrogen-bond acceptors (Lipinski definition) is 10. The van der Waals surface area contributed by atoms with Crippen LogP contribution in [0.25, 0.3) is 6.08 Å². The average Bonchev–Trinajstić information content (AvgIpc) is 3.56. The smallest absolute Gasteiger partial charge is 0.354 e. The Morgan fingerprint density at radius 2 is 1.71 bits per heavy atom. The zero-order valence-electron chi connectivity index (χ0n) is 25.3. The van der Waals surface area contributed by atoms with Gasteiger partial charge in [0.05, 0.1) is 31.1 Å². The quantitative estimate of drug-likeness (QED) is 0.101. The molecule has 2 aromatic carbocycles. The number of ether oxygens (including phenoxy) is 3. The first-order valence-electron chi connectivity index (χ1n) is 14.1. The molecule has 0 unspecified atom stereocenters. The lowest BCUT2D eigenvalue weighted by Crippen LogP contribution is -2.41. The largest absolute Gasteiger partial charge is 0.491 e. The van der Waals surface area contributed by atoms with Crippen LogP contribution < -0.4 is 21.1 Å². The molecule has 0 bridgehead atoms. The van der Waals surface area contributed by atoms with Gasteiger partial charge in [0.25, 0.3) is 5.91 Å². The van der Waals surface area contributed by atoms with E-state index >= 15 is 0 Å². The fourth-order valence-corrected chi connectivity index (χ4v) is 5.95. The lowest BCUT2D eigenvalue weighted by Gasteiger charge is -2.20. The Hall–Kier alpha value is -4.76. The number of benzene rings is 2. The molecule has 0 spiro atoms. The number of hydrogen-bond donors (Lipinski definition) is 4. The van der Waals surface area contributed by atoms with E-state index in [1.807, 2.05) is 0 Å². The number of rotatable bonds is 14. The molecule has 3 rings (SSSR count). The van der Waals surface area contributed by atoms with Crippen LogP contribution >= 0.6 is 0 Å². The van der Waals surface area contributed by atoms with Crippen LogP contribution in [0, 0.1) is 5.41 Å². The molecular weight excluding hydrogens is 606 g/mol. The van der Waals surface area contributed by atoms with Crippen molar-refractivity contribution in [1.29, 1.82) is 5.41 Å². The molecule has 0 aliphatic carbocycles. The van der Waals surface area contributed by atoms with E-state index in [4.69, 9.17) is 25.4 Å². The van der Waals surface area contributed by atoms with Crippen molar-refractivity contribution < 1.29 is 41.8 Å². The van der Waals surface area contributed by atoms with Gasteiger partial charge in [-0.1, -0.05) is 12.1 Å². The lowest BCUT2D eigenvalue weighted by molar-refractivity contribution is -0.143. The molecule has 1 aliphatic rings. The maximum absolute atomic E-state index is 13.2. The Bertz CT molecular complexity index is 1570. The number of nitrogens with two attached hydrogens (primary N) is 1. The maximum Gasteiger partial charge on any atom is 0.354 e. The van der Waals surface area contributed by atoms with Gasteiger partial charge in [-0.15, -0.1) is 0 Å². The minimum atomic E-state index is -3.66. The summed E-state index contributed by atoms with van der Waals surface area (Å²) in [6, 6.07) is 9.02. The average molecular weight is 644 g/mol. The van der Waals surface area contributed by atoms with E-state index in [1.165, 1.54) is 59.8 Å². The first kappa shape index (κ1) is 34.7. The summed E-state index contributed by atoms with van der Waals surface area (Å²) >= 11 is 0. The Morgan fingerprint density at radius 3 is 2.29 bits per heavy atom. The van der Waals surface area contributed by atoms with Gasteiger partial charge in [-0.3, -0.25) is 19.8 Å². The number of nitrogens with zero attached hydrogens (tertiary/aromatic N) is 1. The van der Waals surface area contributed by atoms with Crippen LogP contribution in [0.1, 0.15) is 54.6 Å². The minimum Gasteiger partial charge on any atom is -0.491 e. The van der Waals surface area contributed by atoms with Crippen LogP contribution in [-0.2, 0) is 33.9 Å². The highest BCUT2D eigenvalue weighted by Crippen LogP contribution is 2.24. The molecule has 0 aromatic heterocycles. The molecule has 0 radical (unpaired) electrons. The van der Waals surface area contributed by atoms with Crippen molar-refractivity contribution in [3.63, 3.8) is 0 Å². The van der Waals surface area contributed by atoms with Crippen molar-refractivity contribution in [3.05, 3.63) is 64.9 Å². The first-order chi connectivity index (χ1) is 21.3. The predicted molar refractivity (Wildman–Crippen MR) is 164 cm³/mol. The van der Waals surface area contributed by atoms with Crippen LogP contribution in [0.3, 0.4) is 0 Å². The van der Waals surface area contributed by atoms with Crippen molar-refractivity contribution in [2.45, 2.75) is 44.0 Å². The molecule has 5 N–H and O–H groups in total. The molecule has 1 saturated heterocycles. The zero-order valence-corrected chi connectivity index (χ0v) is 26.1. The Balaban J connectivity index is 1.86. The number of amides is 2. The van der Waals surface area contributed by atoms with Gasteiger partial charge in [0, 0.05) is 36.7 Å². The van der Waals surface area contributed by atoms with Gasteiger partial charge in [0.2, 0.25) is 15.9 Å². The molecule has 1 heterocycles. The summed E-state index contributed by atoms with van der Waals surface area (Å²) in [6.07, 6.45) is 2.63.